The number of aromatic amines is 1. The van der Waals surface area contributed by atoms with Gasteiger partial charge in [0.1, 0.15) is 5.82 Å². The third-order valence-corrected chi connectivity index (χ3v) is 3.42. The fourth-order valence-corrected chi connectivity index (χ4v) is 2.29. The summed E-state index contributed by atoms with van der Waals surface area (Å²) in [4.78, 5) is 3.83. The first-order valence-electron chi connectivity index (χ1n) is 4.93. The normalized spacial score (nSPS) is 10.9. The highest BCUT2D eigenvalue weighted by Gasteiger charge is 2.16. The summed E-state index contributed by atoms with van der Waals surface area (Å²) in [6, 6.07) is 7.57. The molecule has 0 aliphatic carbocycles. The molecular weight excluding hydrogens is 254 g/mol. The van der Waals surface area contributed by atoms with E-state index in [-0.39, 0.29) is 16.4 Å². The molecule has 0 spiro atoms. The van der Waals surface area contributed by atoms with Gasteiger partial charge >= 0.3 is 0 Å². The third-order valence-electron chi connectivity index (χ3n) is 2.10. The summed E-state index contributed by atoms with van der Waals surface area (Å²) < 4.78 is 26.1. The molecule has 0 amide bonds. The molecule has 8 heteroatoms. The summed E-state index contributed by atoms with van der Waals surface area (Å²) in [7, 11) is -3.78. The van der Waals surface area contributed by atoms with Gasteiger partial charge in [-0.05, 0) is 25.1 Å². The lowest BCUT2D eigenvalue weighted by atomic mass is 10.2. The van der Waals surface area contributed by atoms with Crippen LogP contribution in [-0.4, -0.2) is 23.6 Å². The fourth-order valence-electron chi connectivity index (χ4n) is 1.30. The van der Waals surface area contributed by atoms with Gasteiger partial charge < -0.3 is 0 Å². The van der Waals surface area contributed by atoms with Crippen molar-refractivity contribution in [1.29, 1.82) is 5.26 Å². The van der Waals surface area contributed by atoms with E-state index in [9.17, 15) is 8.42 Å². The number of aryl methyl sites for hydroxylation is 1. The molecule has 0 saturated heterocycles. The van der Waals surface area contributed by atoms with Crippen molar-refractivity contribution >= 4 is 16.0 Å². The Morgan fingerprint density at radius 3 is 2.83 bits per heavy atom. The maximum atomic E-state index is 12.0. The van der Waals surface area contributed by atoms with Crippen LogP contribution in [-0.2, 0) is 10.0 Å². The topological polar surface area (TPSA) is 112 Å². The SMILES string of the molecule is Cc1nc(NS(=O)(=O)c2cccc(C#N)c2)n[nH]1. The van der Waals surface area contributed by atoms with Crippen molar-refractivity contribution in [3.63, 3.8) is 0 Å². The van der Waals surface area contributed by atoms with E-state index in [0.29, 0.717) is 5.82 Å². The predicted molar refractivity (Wildman–Crippen MR) is 63.1 cm³/mol. The smallest absolute Gasteiger partial charge is 0.261 e. The second-order valence-corrected chi connectivity index (χ2v) is 5.17. The van der Waals surface area contributed by atoms with Crippen LogP contribution in [0.25, 0.3) is 0 Å². The molecule has 0 radical (unpaired) electrons. The number of sulfonamides is 1. The van der Waals surface area contributed by atoms with E-state index >= 15 is 0 Å². The van der Waals surface area contributed by atoms with Crippen molar-refractivity contribution in [3.8, 4) is 6.07 Å². The monoisotopic (exact) mass is 263 g/mol. The van der Waals surface area contributed by atoms with E-state index in [4.69, 9.17) is 5.26 Å². The summed E-state index contributed by atoms with van der Waals surface area (Å²) in [5, 5.41) is 14.9. The van der Waals surface area contributed by atoms with Gasteiger partial charge in [0.25, 0.3) is 16.0 Å². The van der Waals surface area contributed by atoms with E-state index < -0.39 is 10.0 Å². The number of nitrogens with zero attached hydrogens (tertiary/aromatic N) is 3. The average Bonchev–Trinajstić information content (AvgIpc) is 2.74. The molecule has 1 aromatic heterocycles. The highest BCUT2D eigenvalue weighted by atomic mass is 32.2. The number of hydrogen-bond acceptors (Lipinski definition) is 5. The van der Waals surface area contributed by atoms with Crippen LogP contribution < -0.4 is 4.72 Å². The molecule has 0 atom stereocenters. The van der Waals surface area contributed by atoms with Gasteiger partial charge in [-0.2, -0.15) is 10.2 Å². The lowest BCUT2D eigenvalue weighted by Gasteiger charge is -2.04. The van der Waals surface area contributed by atoms with Crippen LogP contribution in [0.15, 0.2) is 29.2 Å². The van der Waals surface area contributed by atoms with Crippen molar-refractivity contribution in [2.45, 2.75) is 11.8 Å². The standard InChI is InChI=1S/C10H9N5O2S/c1-7-12-10(14-13-7)15-18(16,17)9-4-2-3-8(5-9)6-11/h2-5H,1H3,(H2,12,13,14,15). The first-order chi connectivity index (χ1) is 8.51. The minimum atomic E-state index is -3.78. The molecule has 0 unspecified atom stereocenters. The minimum absolute atomic E-state index is 0.0102. The van der Waals surface area contributed by atoms with Crippen molar-refractivity contribution in [2.75, 3.05) is 4.72 Å². The van der Waals surface area contributed by atoms with Gasteiger partial charge in [-0.15, -0.1) is 5.10 Å². The number of hydrogen-bond donors (Lipinski definition) is 2. The van der Waals surface area contributed by atoms with Crippen LogP contribution in [0.2, 0.25) is 0 Å². The first-order valence-corrected chi connectivity index (χ1v) is 6.41. The summed E-state index contributed by atoms with van der Waals surface area (Å²) in [5.41, 5.74) is 0.268. The van der Waals surface area contributed by atoms with Gasteiger partial charge in [-0.3, -0.25) is 5.10 Å². The Kier molecular flexibility index (Phi) is 2.99. The summed E-state index contributed by atoms with van der Waals surface area (Å²) in [5.74, 6) is 0.466. The molecule has 0 aliphatic rings. The largest absolute Gasteiger partial charge is 0.264 e. The molecule has 1 heterocycles. The van der Waals surface area contributed by atoms with Crippen molar-refractivity contribution in [2.24, 2.45) is 0 Å². The Labute approximate surface area is 104 Å². The Bertz CT molecular complexity index is 714. The van der Waals surface area contributed by atoms with Crippen molar-refractivity contribution in [3.05, 3.63) is 35.7 Å². The molecule has 7 nitrogen and oxygen atoms in total. The van der Waals surface area contributed by atoms with Gasteiger partial charge in [0, 0.05) is 0 Å². The predicted octanol–water partition coefficient (Wildman–Crippen LogP) is 0.786. The van der Waals surface area contributed by atoms with Gasteiger partial charge in [0.2, 0.25) is 0 Å². The van der Waals surface area contributed by atoms with Crippen LogP contribution >= 0.6 is 0 Å². The van der Waals surface area contributed by atoms with E-state index in [1.807, 2.05) is 6.07 Å². The maximum absolute atomic E-state index is 12.0. The quantitative estimate of drug-likeness (QED) is 0.850. The highest BCUT2D eigenvalue weighted by Crippen LogP contribution is 2.14. The van der Waals surface area contributed by atoms with Gasteiger partial charge in [0.15, 0.2) is 0 Å². The Morgan fingerprint density at radius 2 is 2.22 bits per heavy atom. The number of H-pyrrole nitrogens is 1. The Morgan fingerprint density at radius 1 is 1.44 bits per heavy atom. The molecule has 0 saturated carbocycles. The lowest BCUT2D eigenvalue weighted by Crippen LogP contribution is -2.14. The molecule has 2 N–H and O–H groups in total. The Balaban J connectivity index is 2.34. The van der Waals surface area contributed by atoms with E-state index in [1.54, 1.807) is 6.92 Å². The summed E-state index contributed by atoms with van der Waals surface area (Å²) in [6.45, 7) is 1.65. The lowest BCUT2D eigenvalue weighted by molar-refractivity contribution is 0.601. The molecule has 18 heavy (non-hydrogen) atoms. The van der Waals surface area contributed by atoms with Gasteiger partial charge in [0.05, 0.1) is 16.5 Å². The van der Waals surface area contributed by atoms with Crippen LogP contribution in [0, 0.1) is 18.3 Å². The number of rotatable bonds is 3. The average molecular weight is 263 g/mol. The van der Waals surface area contributed by atoms with E-state index in [1.165, 1.54) is 24.3 Å². The second kappa shape index (κ2) is 4.46. The number of nitrogens with one attached hydrogen (secondary N) is 2. The maximum Gasteiger partial charge on any atom is 0.264 e. The molecule has 0 fully saturated rings. The zero-order valence-electron chi connectivity index (χ0n) is 9.38. The first kappa shape index (κ1) is 12.1. The van der Waals surface area contributed by atoms with E-state index in [0.717, 1.165) is 0 Å². The number of anilines is 1. The molecule has 1 aromatic carbocycles. The highest BCUT2D eigenvalue weighted by molar-refractivity contribution is 7.92. The van der Waals surface area contributed by atoms with Crippen LogP contribution in [0.5, 0.6) is 0 Å². The summed E-state index contributed by atoms with van der Waals surface area (Å²) in [6.07, 6.45) is 0. The van der Waals surface area contributed by atoms with Crippen LogP contribution in [0.1, 0.15) is 11.4 Å². The third kappa shape index (κ3) is 2.46. The molecule has 0 aliphatic heterocycles. The number of benzene rings is 1. The minimum Gasteiger partial charge on any atom is -0.261 e. The molecule has 2 aromatic rings. The fraction of sp³-hybridized carbons (Fsp3) is 0.100. The molecule has 2 rings (SSSR count). The number of nitriles is 1. The van der Waals surface area contributed by atoms with Gasteiger partial charge in [-0.25, -0.2) is 13.1 Å². The Hall–Kier alpha value is -2.40. The molecule has 0 bridgehead atoms. The van der Waals surface area contributed by atoms with Crippen LogP contribution in [0.3, 0.4) is 0 Å². The molecule has 92 valence electrons. The zero-order valence-corrected chi connectivity index (χ0v) is 10.2. The van der Waals surface area contributed by atoms with Crippen molar-refractivity contribution in [1.82, 2.24) is 15.2 Å². The second-order valence-electron chi connectivity index (χ2n) is 3.49. The number of aromatic nitrogens is 3. The molecular formula is C10H9N5O2S. The van der Waals surface area contributed by atoms with E-state index in [2.05, 4.69) is 19.9 Å². The van der Waals surface area contributed by atoms with Gasteiger partial charge in [-0.1, -0.05) is 6.07 Å². The van der Waals surface area contributed by atoms with Crippen LogP contribution in [0.4, 0.5) is 5.95 Å². The van der Waals surface area contributed by atoms with Crippen molar-refractivity contribution < 1.29 is 8.42 Å². The summed E-state index contributed by atoms with van der Waals surface area (Å²) >= 11 is 0. The zero-order chi connectivity index (χ0) is 13.2.